The molecular weight excluding hydrogens is 802 g/mol. The third kappa shape index (κ3) is 19.1. The molecule has 0 unspecified atom stereocenters. The Morgan fingerprint density at radius 1 is 0.500 bits per heavy atom. The molecule has 0 aliphatic carbocycles. The molecule has 0 heterocycles. The van der Waals surface area contributed by atoms with E-state index in [-0.39, 0.29) is 12.2 Å². The number of aromatic hydroxyl groups is 1. The van der Waals surface area contributed by atoms with Crippen LogP contribution in [-0.4, -0.2) is 119 Å². The van der Waals surface area contributed by atoms with Gasteiger partial charge in [-0.1, -0.05) is 12.1 Å². The van der Waals surface area contributed by atoms with Crippen LogP contribution in [0.3, 0.4) is 0 Å². The Morgan fingerprint density at radius 2 is 0.833 bits per heavy atom. The van der Waals surface area contributed by atoms with Gasteiger partial charge in [-0.25, -0.2) is 4.79 Å². The summed E-state index contributed by atoms with van der Waals surface area (Å²) in [6.45, 7) is -0.615. The fourth-order valence-corrected chi connectivity index (χ4v) is 5.10. The number of rotatable bonds is 27. The summed E-state index contributed by atoms with van der Waals surface area (Å²) in [5, 5.41) is 22.6. The van der Waals surface area contributed by atoms with E-state index < -0.39 is 159 Å². The lowest BCUT2D eigenvalue weighted by Gasteiger charge is -2.27. The molecule has 0 aliphatic rings. The molecule has 0 radical (unpaired) electrons. The molecule has 0 saturated heterocycles. The van der Waals surface area contributed by atoms with Crippen molar-refractivity contribution in [1.82, 2.24) is 31.9 Å². The molecule has 0 fully saturated rings. The summed E-state index contributed by atoms with van der Waals surface area (Å²) in [5.74, 6) is -8.58. The van der Waals surface area contributed by atoms with Crippen molar-refractivity contribution in [3.05, 3.63) is 29.8 Å². The smallest absolute Gasteiger partial charge is 0.347 e. The minimum atomic E-state index is -1.89. The highest BCUT2D eigenvalue weighted by atomic mass is 16.7. The summed E-state index contributed by atoms with van der Waals surface area (Å²) in [4.78, 5) is 154. The van der Waals surface area contributed by atoms with Gasteiger partial charge >= 0.3 is 5.97 Å². The standard InChI is InChI=1S/C33H49N13O14/c34-13-27(53)41-18(10-24(37)50)30(56)45-19(11-25(38)51)31(57)43-16(5-7-22(35)48)28(54)42-17(6-8-23(36)49)29(55)44-20(12-26(39)52)32(58)46-21(33(59)60-40)9-14-1-3-15(47)4-2-14/h1-4,16-21,47H,5-13,34,40H2,(H2,35,48)(H2,36,49)(H2,37,50)(H2,38,51)(H2,39,52)(H,41,53)(H,42,54)(H,43,57)(H,44,55)(H,45,56)(H,46,58)/t16-,17-,18-,19-,20-,21-/m0/s1. The van der Waals surface area contributed by atoms with Crippen LogP contribution in [0.25, 0.3) is 0 Å². The van der Waals surface area contributed by atoms with Gasteiger partial charge in [0, 0.05) is 19.3 Å². The molecule has 0 spiro atoms. The number of hydrogen-bond donors (Lipinski definition) is 14. The average molecular weight is 852 g/mol. The lowest BCUT2D eigenvalue weighted by atomic mass is 10.0. The Kier molecular flexibility index (Phi) is 21.1. The topological polar surface area (TPSA) is 489 Å². The summed E-state index contributed by atoms with van der Waals surface area (Å²) in [6, 6.07) is -5.11. The van der Waals surface area contributed by atoms with Crippen LogP contribution >= 0.6 is 0 Å². The zero-order valence-corrected chi connectivity index (χ0v) is 31.9. The third-order valence-corrected chi connectivity index (χ3v) is 8.04. The van der Waals surface area contributed by atoms with Crippen LogP contribution in [0.5, 0.6) is 5.75 Å². The Hall–Kier alpha value is -7.42. The minimum Gasteiger partial charge on any atom is -0.508 e. The number of carbonyl (C=O) groups excluding carboxylic acids is 12. The highest BCUT2D eigenvalue weighted by Crippen LogP contribution is 2.12. The lowest BCUT2D eigenvalue weighted by molar-refractivity contribution is -0.148. The molecule has 0 bridgehead atoms. The van der Waals surface area contributed by atoms with E-state index in [0.29, 0.717) is 5.56 Å². The van der Waals surface area contributed by atoms with E-state index in [1.807, 2.05) is 0 Å². The van der Waals surface area contributed by atoms with Gasteiger partial charge in [0.05, 0.1) is 25.8 Å². The molecule has 1 aromatic rings. The van der Waals surface area contributed by atoms with Gasteiger partial charge in [-0.15, -0.1) is 0 Å². The molecule has 0 saturated carbocycles. The molecular formula is C33H49N13O14. The van der Waals surface area contributed by atoms with Crippen LogP contribution in [0.2, 0.25) is 0 Å². The van der Waals surface area contributed by atoms with Crippen molar-refractivity contribution in [3.63, 3.8) is 0 Å². The predicted molar refractivity (Wildman–Crippen MR) is 201 cm³/mol. The fourth-order valence-electron chi connectivity index (χ4n) is 5.10. The molecule has 60 heavy (non-hydrogen) atoms. The van der Waals surface area contributed by atoms with Gasteiger partial charge in [0.15, 0.2) is 0 Å². The molecule has 21 N–H and O–H groups in total. The van der Waals surface area contributed by atoms with Gasteiger partial charge in [0.1, 0.15) is 42.0 Å². The van der Waals surface area contributed by atoms with Gasteiger partial charge in [-0.2, -0.15) is 5.90 Å². The number of hydrogen-bond acceptors (Lipinski definition) is 16. The second-order valence-electron chi connectivity index (χ2n) is 13.0. The molecule has 1 aromatic carbocycles. The second-order valence-corrected chi connectivity index (χ2v) is 13.0. The van der Waals surface area contributed by atoms with Gasteiger partial charge in [0.2, 0.25) is 65.0 Å². The van der Waals surface area contributed by atoms with Crippen LogP contribution < -0.4 is 72.2 Å². The van der Waals surface area contributed by atoms with Crippen molar-refractivity contribution in [3.8, 4) is 5.75 Å². The SMILES string of the molecule is NCC(=O)N[C@@H](CC(N)=O)C(=O)N[C@@H](CC(N)=O)C(=O)N[C@@H](CCC(N)=O)C(=O)N[C@@H](CCC(N)=O)C(=O)N[C@@H](CC(N)=O)C(=O)N[C@@H](Cc1ccc(O)cc1)C(=O)ON. The maximum Gasteiger partial charge on any atom is 0.347 e. The van der Waals surface area contributed by atoms with E-state index in [2.05, 4.69) is 36.7 Å². The third-order valence-electron chi connectivity index (χ3n) is 8.04. The van der Waals surface area contributed by atoms with Crippen LogP contribution in [0.4, 0.5) is 0 Å². The average Bonchev–Trinajstić information content (AvgIpc) is 3.16. The number of benzene rings is 1. The van der Waals surface area contributed by atoms with Crippen molar-refractivity contribution < 1.29 is 67.5 Å². The van der Waals surface area contributed by atoms with Gasteiger partial charge < -0.3 is 76.2 Å². The number of nitrogens with two attached hydrogens (primary N) is 7. The molecule has 6 atom stereocenters. The Bertz CT molecular complexity index is 1790. The van der Waals surface area contributed by atoms with E-state index in [9.17, 15) is 62.6 Å². The molecule has 27 nitrogen and oxygen atoms in total. The monoisotopic (exact) mass is 851 g/mol. The van der Waals surface area contributed by atoms with Crippen LogP contribution in [0.1, 0.15) is 50.5 Å². The first-order chi connectivity index (χ1) is 28.1. The van der Waals surface area contributed by atoms with Crippen molar-refractivity contribution in [2.45, 2.75) is 87.6 Å². The van der Waals surface area contributed by atoms with E-state index in [1.165, 1.54) is 24.3 Å². The van der Waals surface area contributed by atoms with Crippen LogP contribution in [0, 0.1) is 0 Å². The summed E-state index contributed by atoms with van der Waals surface area (Å²) >= 11 is 0. The van der Waals surface area contributed by atoms with Crippen molar-refractivity contribution in [1.29, 1.82) is 0 Å². The second kappa shape index (κ2) is 25.0. The predicted octanol–water partition coefficient (Wildman–Crippen LogP) is -8.62. The van der Waals surface area contributed by atoms with E-state index >= 15 is 0 Å². The van der Waals surface area contributed by atoms with E-state index in [0.717, 1.165) is 0 Å². The van der Waals surface area contributed by atoms with Crippen LogP contribution in [-0.2, 0) is 68.8 Å². The molecule has 27 heteroatoms. The quantitative estimate of drug-likeness (QED) is 0.0366. The first-order valence-electron chi connectivity index (χ1n) is 17.7. The zero-order valence-electron chi connectivity index (χ0n) is 31.9. The number of carbonyl (C=O) groups is 12. The lowest BCUT2D eigenvalue weighted by Crippen LogP contribution is -2.60. The van der Waals surface area contributed by atoms with Crippen LogP contribution in [0.15, 0.2) is 24.3 Å². The maximum absolute atomic E-state index is 13.7. The number of phenols is 1. The zero-order chi connectivity index (χ0) is 45.7. The molecule has 0 aliphatic heterocycles. The normalized spacial score (nSPS) is 13.6. The number of nitrogens with one attached hydrogen (secondary N) is 6. The van der Waals surface area contributed by atoms with Crippen molar-refractivity contribution in [2.75, 3.05) is 6.54 Å². The number of phenolic OH excluding ortho intramolecular Hbond substituents is 1. The minimum absolute atomic E-state index is 0.108. The molecule has 1 rings (SSSR count). The largest absolute Gasteiger partial charge is 0.508 e. The first kappa shape index (κ1) is 50.6. The van der Waals surface area contributed by atoms with Gasteiger partial charge in [-0.05, 0) is 30.5 Å². The van der Waals surface area contributed by atoms with E-state index in [4.69, 9.17) is 40.3 Å². The Balaban J connectivity index is 3.42. The molecule has 11 amide bonds. The Morgan fingerprint density at radius 3 is 1.17 bits per heavy atom. The highest BCUT2D eigenvalue weighted by molar-refractivity contribution is 5.99. The van der Waals surface area contributed by atoms with Gasteiger partial charge in [0.25, 0.3) is 0 Å². The van der Waals surface area contributed by atoms with Crippen molar-refractivity contribution in [2.24, 2.45) is 40.3 Å². The van der Waals surface area contributed by atoms with E-state index in [1.54, 1.807) is 0 Å². The first-order valence-corrected chi connectivity index (χ1v) is 17.7. The summed E-state index contributed by atoms with van der Waals surface area (Å²) in [5.41, 5.74) is 31.8. The fraction of sp³-hybridized carbons (Fsp3) is 0.455. The molecule has 0 aromatic heterocycles. The summed E-state index contributed by atoms with van der Waals surface area (Å²) < 4.78 is 0. The number of amides is 11. The Labute approximate surface area is 340 Å². The van der Waals surface area contributed by atoms with Gasteiger partial charge in [-0.3, -0.25) is 52.7 Å². The summed E-state index contributed by atoms with van der Waals surface area (Å²) in [7, 11) is 0. The maximum atomic E-state index is 13.7. The molecule has 330 valence electrons. The van der Waals surface area contributed by atoms with Crippen molar-refractivity contribution >= 4 is 70.9 Å². The number of primary amides is 5. The highest BCUT2D eigenvalue weighted by Gasteiger charge is 2.35. The summed E-state index contributed by atoms with van der Waals surface area (Å²) in [6.07, 6.45) is -5.10.